The van der Waals surface area contributed by atoms with Gasteiger partial charge in [-0.2, -0.15) is 5.10 Å². The summed E-state index contributed by atoms with van der Waals surface area (Å²) >= 11 is 0. The first-order chi connectivity index (χ1) is 13.6. The summed E-state index contributed by atoms with van der Waals surface area (Å²) in [6, 6.07) is 8.05. The van der Waals surface area contributed by atoms with E-state index in [9.17, 15) is 9.18 Å². The minimum atomic E-state index is -0.294. The van der Waals surface area contributed by atoms with Crippen LogP contribution in [0.4, 0.5) is 4.39 Å². The molecule has 1 saturated heterocycles. The van der Waals surface area contributed by atoms with E-state index in [-0.39, 0.29) is 17.8 Å². The molecule has 144 valence electrons. The van der Waals surface area contributed by atoms with Gasteiger partial charge < -0.3 is 4.90 Å². The van der Waals surface area contributed by atoms with Gasteiger partial charge in [-0.3, -0.25) is 9.48 Å². The third-order valence-corrected chi connectivity index (χ3v) is 5.59. The van der Waals surface area contributed by atoms with Crippen LogP contribution in [0.25, 0.3) is 11.3 Å². The van der Waals surface area contributed by atoms with E-state index >= 15 is 0 Å². The van der Waals surface area contributed by atoms with Gasteiger partial charge in [-0.25, -0.2) is 9.07 Å². The lowest BCUT2D eigenvalue weighted by Crippen LogP contribution is -2.30. The topological polar surface area (TPSA) is 68.8 Å². The number of benzene rings is 1. The molecule has 2 aromatic heterocycles. The van der Waals surface area contributed by atoms with Gasteiger partial charge in [0.15, 0.2) is 0 Å². The molecule has 0 N–H and O–H groups in total. The van der Waals surface area contributed by atoms with Gasteiger partial charge in [0.1, 0.15) is 11.5 Å². The number of hydrogen-bond acceptors (Lipinski definition) is 4. The highest BCUT2D eigenvalue weighted by molar-refractivity contribution is 5.94. The normalized spacial score (nSPS) is 19.4. The Labute approximate surface area is 161 Å². The molecule has 1 amide bonds. The van der Waals surface area contributed by atoms with Gasteiger partial charge >= 0.3 is 0 Å². The van der Waals surface area contributed by atoms with Crippen molar-refractivity contribution in [2.75, 3.05) is 13.1 Å². The SMILES string of the molecule is Cn1nc(-c2ccc(F)cc2)cc1C(=O)N1CCC(n2cc(C3CC3)nn2)C1. The molecule has 1 saturated carbocycles. The van der Waals surface area contributed by atoms with Crippen molar-refractivity contribution in [3.63, 3.8) is 0 Å². The highest BCUT2D eigenvalue weighted by Gasteiger charge is 2.32. The summed E-state index contributed by atoms with van der Waals surface area (Å²) in [6.07, 6.45) is 5.30. The number of amides is 1. The van der Waals surface area contributed by atoms with Gasteiger partial charge in [0.2, 0.25) is 0 Å². The summed E-state index contributed by atoms with van der Waals surface area (Å²) in [5.41, 5.74) is 3.04. The van der Waals surface area contributed by atoms with Crippen molar-refractivity contribution < 1.29 is 9.18 Å². The summed E-state index contributed by atoms with van der Waals surface area (Å²) in [4.78, 5) is 14.9. The predicted molar refractivity (Wildman–Crippen MR) is 100 cm³/mol. The number of likely N-dealkylation sites (tertiary alicyclic amines) is 1. The Morgan fingerprint density at radius 2 is 1.96 bits per heavy atom. The average molecular weight is 380 g/mol. The molecule has 0 spiro atoms. The molecule has 0 radical (unpaired) electrons. The molecular formula is C20H21FN6O. The van der Waals surface area contributed by atoms with Crippen molar-refractivity contribution in [1.82, 2.24) is 29.7 Å². The van der Waals surface area contributed by atoms with Crippen molar-refractivity contribution in [2.45, 2.75) is 31.2 Å². The number of hydrogen-bond donors (Lipinski definition) is 0. The first-order valence-corrected chi connectivity index (χ1v) is 9.59. The fraction of sp³-hybridized carbons (Fsp3) is 0.400. The second-order valence-corrected chi connectivity index (χ2v) is 7.64. The van der Waals surface area contributed by atoms with Crippen molar-refractivity contribution in [2.24, 2.45) is 7.05 Å². The summed E-state index contributed by atoms with van der Waals surface area (Å²) in [6.45, 7) is 1.29. The van der Waals surface area contributed by atoms with Crippen LogP contribution in [0.2, 0.25) is 0 Å². The van der Waals surface area contributed by atoms with Crippen LogP contribution in [-0.4, -0.2) is 48.7 Å². The summed E-state index contributed by atoms with van der Waals surface area (Å²) in [5, 5.41) is 13.0. The minimum Gasteiger partial charge on any atom is -0.335 e. The van der Waals surface area contributed by atoms with Gasteiger partial charge in [0, 0.05) is 37.8 Å². The second kappa shape index (κ2) is 6.54. The van der Waals surface area contributed by atoms with E-state index in [0.29, 0.717) is 30.4 Å². The monoisotopic (exact) mass is 380 g/mol. The summed E-state index contributed by atoms with van der Waals surface area (Å²) in [7, 11) is 1.76. The molecule has 8 heteroatoms. The number of nitrogens with zero attached hydrogens (tertiary/aromatic N) is 6. The maximum Gasteiger partial charge on any atom is 0.272 e. The zero-order valence-electron chi connectivity index (χ0n) is 15.6. The molecule has 1 atom stereocenters. The van der Waals surface area contributed by atoms with Crippen molar-refractivity contribution in [1.29, 1.82) is 0 Å². The maximum atomic E-state index is 13.1. The quantitative estimate of drug-likeness (QED) is 0.698. The Morgan fingerprint density at radius 1 is 1.18 bits per heavy atom. The van der Waals surface area contributed by atoms with Gasteiger partial charge in [0.05, 0.1) is 17.4 Å². The molecule has 1 aromatic carbocycles. The third kappa shape index (κ3) is 3.08. The second-order valence-electron chi connectivity index (χ2n) is 7.64. The Hall–Kier alpha value is -3.03. The van der Waals surface area contributed by atoms with Crippen LogP contribution in [0.1, 0.15) is 47.4 Å². The first kappa shape index (κ1) is 17.1. The molecule has 2 fully saturated rings. The molecule has 1 aliphatic heterocycles. The number of aromatic nitrogens is 5. The number of carbonyl (C=O) groups excluding carboxylic acids is 1. The Kier molecular flexibility index (Phi) is 3.99. The third-order valence-electron chi connectivity index (χ3n) is 5.59. The van der Waals surface area contributed by atoms with Crippen LogP contribution in [0, 0.1) is 5.82 Å². The van der Waals surface area contributed by atoms with E-state index in [0.717, 1.165) is 17.7 Å². The Bertz CT molecular complexity index is 1020. The molecule has 0 bridgehead atoms. The lowest BCUT2D eigenvalue weighted by atomic mass is 10.1. The van der Waals surface area contributed by atoms with E-state index < -0.39 is 0 Å². The summed E-state index contributed by atoms with van der Waals surface area (Å²) < 4.78 is 16.7. The molecule has 3 aromatic rings. The maximum absolute atomic E-state index is 13.1. The molecule has 3 heterocycles. The molecule has 2 aliphatic rings. The van der Waals surface area contributed by atoms with E-state index in [2.05, 4.69) is 15.4 Å². The largest absolute Gasteiger partial charge is 0.335 e. The smallest absolute Gasteiger partial charge is 0.272 e. The number of carbonyl (C=O) groups is 1. The number of aryl methyl sites for hydroxylation is 1. The van der Waals surface area contributed by atoms with E-state index in [1.54, 1.807) is 29.9 Å². The summed E-state index contributed by atoms with van der Waals surface area (Å²) in [5.74, 6) is 0.234. The van der Waals surface area contributed by atoms with Crippen molar-refractivity contribution >= 4 is 5.91 Å². The van der Waals surface area contributed by atoms with Crippen LogP contribution >= 0.6 is 0 Å². The van der Waals surface area contributed by atoms with Crippen LogP contribution in [0.3, 0.4) is 0 Å². The van der Waals surface area contributed by atoms with E-state index in [1.165, 1.54) is 25.0 Å². The van der Waals surface area contributed by atoms with E-state index in [1.807, 2.05) is 15.8 Å². The zero-order valence-corrected chi connectivity index (χ0v) is 15.6. The molecule has 28 heavy (non-hydrogen) atoms. The molecule has 5 rings (SSSR count). The Morgan fingerprint density at radius 3 is 2.71 bits per heavy atom. The number of rotatable bonds is 4. The fourth-order valence-corrected chi connectivity index (χ4v) is 3.77. The zero-order chi connectivity index (χ0) is 19.3. The standard InChI is InChI=1S/C20H21FN6O/c1-25-19(10-17(23-25)13-4-6-15(21)7-5-13)20(28)26-9-8-16(11-26)27-12-18(22-24-27)14-2-3-14/h4-7,10,12,14,16H,2-3,8-9,11H2,1H3. The van der Waals surface area contributed by atoms with Crippen molar-refractivity contribution in [3.8, 4) is 11.3 Å². The Balaban J connectivity index is 1.31. The van der Waals surface area contributed by atoms with Gasteiger partial charge in [-0.15, -0.1) is 5.10 Å². The first-order valence-electron chi connectivity index (χ1n) is 9.59. The highest BCUT2D eigenvalue weighted by Crippen LogP contribution is 2.39. The van der Waals surface area contributed by atoms with Gasteiger partial charge in [-0.1, -0.05) is 5.21 Å². The number of halogens is 1. The van der Waals surface area contributed by atoms with Crippen LogP contribution < -0.4 is 0 Å². The van der Waals surface area contributed by atoms with Gasteiger partial charge in [-0.05, 0) is 49.6 Å². The average Bonchev–Trinajstić information content (AvgIpc) is 3.10. The van der Waals surface area contributed by atoms with Gasteiger partial charge in [0.25, 0.3) is 5.91 Å². The molecular weight excluding hydrogens is 359 g/mol. The lowest BCUT2D eigenvalue weighted by molar-refractivity contribution is 0.0776. The van der Waals surface area contributed by atoms with Crippen LogP contribution in [0.15, 0.2) is 36.5 Å². The minimum absolute atomic E-state index is 0.0478. The van der Waals surface area contributed by atoms with E-state index in [4.69, 9.17) is 0 Å². The lowest BCUT2D eigenvalue weighted by Gasteiger charge is -2.16. The van der Waals surface area contributed by atoms with Crippen LogP contribution in [-0.2, 0) is 7.05 Å². The molecule has 1 aliphatic carbocycles. The van der Waals surface area contributed by atoms with Crippen LogP contribution in [0.5, 0.6) is 0 Å². The predicted octanol–water partition coefficient (Wildman–Crippen LogP) is 2.78. The highest BCUT2D eigenvalue weighted by atomic mass is 19.1. The van der Waals surface area contributed by atoms with Crippen molar-refractivity contribution in [3.05, 3.63) is 53.7 Å². The molecule has 7 nitrogen and oxygen atoms in total. The fourth-order valence-electron chi connectivity index (χ4n) is 3.77. The molecule has 1 unspecified atom stereocenters.